The Balaban J connectivity index is 2.35. The van der Waals surface area contributed by atoms with Crippen molar-refractivity contribution < 1.29 is 23.9 Å². The number of carbonyl (C=O) groups is 3. The Kier molecular flexibility index (Phi) is 6.44. The van der Waals surface area contributed by atoms with E-state index in [-0.39, 0.29) is 18.6 Å². The standard InChI is InChI=1S/C19H27NO5S/c1-6-24-17(22)14-12-9-8-11(19(3,4)5)10-13(12)26-16(14)20-15(21)18(23)25-7-2/h11H,6-10H2,1-5H3,(H,20,21). The highest BCUT2D eigenvalue weighted by Gasteiger charge is 2.35. The second kappa shape index (κ2) is 8.20. The summed E-state index contributed by atoms with van der Waals surface area (Å²) < 4.78 is 9.90. The zero-order valence-electron chi connectivity index (χ0n) is 16.1. The summed E-state index contributed by atoms with van der Waals surface area (Å²) in [6.07, 6.45) is 2.59. The monoisotopic (exact) mass is 381 g/mol. The van der Waals surface area contributed by atoms with Crippen LogP contribution in [0.2, 0.25) is 0 Å². The van der Waals surface area contributed by atoms with E-state index in [2.05, 4.69) is 26.1 Å². The molecule has 26 heavy (non-hydrogen) atoms. The van der Waals surface area contributed by atoms with Crippen LogP contribution in [-0.2, 0) is 31.9 Å². The Morgan fingerprint density at radius 3 is 2.38 bits per heavy atom. The van der Waals surface area contributed by atoms with Crippen LogP contribution in [0.15, 0.2) is 0 Å². The quantitative estimate of drug-likeness (QED) is 0.637. The maximum atomic E-state index is 12.5. The van der Waals surface area contributed by atoms with E-state index in [1.807, 2.05) is 0 Å². The normalized spacial score (nSPS) is 16.6. The lowest BCUT2D eigenvalue weighted by atomic mass is 9.72. The van der Waals surface area contributed by atoms with Gasteiger partial charge in [-0.15, -0.1) is 11.3 Å². The third kappa shape index (κ3) is 4.44. The molecule has 1 aliphatic rings. The zero-order valence-corrected chi connectivity index (χ0v) is 16.9. The van der Waals surface area contributed by atoms with E-state index in [0.29, 0.717) is 16.5 Å². The molecule has 0 saturated carbocycles. The fraction of sp³-hybridized carbons (Fsp3) is 0.632. The minimum Gasteiger partial charge on any atom is -0.462 e. The molecule has 7 heteroatoms. The second-order valence-electron chi connectivity index (χ2n) is 7.41. The van der Waals surface area contributed by atoms with Crippen molar-refractivity contribution in [2.75, 3.05) is 18.5 Å². The van der Waals surface area contributed by atoms with Crippen LogP contribution < -0.4 is 5.32 Å². The molecule has 1 heterocycles. The molecular formula is C19H27NO5S. The van der Waals surface area contributed by atoms with Gasteiger partial charge in [-0.25, -0.2) is 9.59 Å². The molecule has 0 aliphatic heterocycles. The Morgan fingerprint density at radius 1 is 1.15 bits per heavy atom. The number of nitrogens with one attached hydrogen (secondary N) is 1. The fourth-order valence-corrected chi connectivity index (χ4v) is 4.49. The van der Waals surface area contributed by atoms with Crippen LogP contribution in [0.3, 0.4) is 0 Å². The minimum absolute atomic E-state index is 0.116. The summed E-state index contributed by atoms with van der Waals surface area (Å²) in [4.78, 5) is 37.2. The molecule has 1 N–H and O–H groups in total. The van der Waals surface area contributed by atoms with Crippen LogP contribution in [0.1, 0.15) is 61.8 Å². The zero-order chi connectivity index (χ0) is 19.5. The summed E-state index contributed by atoms with van der Waals surface area (Å²) in [5.41, 5.74) is 1.49. The topological polar surface area (TPSA) is 81.7 Å². The number of fused-ring (bicyclic) bond motifs is 1. The first-order valence-corrected chi connectivity index (χ1v) is 9.80. The van der Waals surface area contributed by atoms with E-state index in [9.17, 15) is 14.4 Å². The first-order valence-electron chi connectivity index (χ1n) is 8.98. The molecule has 1 atom stereocenters. The average Bonchev–Trinajstić information content (AvgIpc) is 2.91. The van der Waals surface area contributed by atoms with Crippen molar-refractivity contribution in [1.82, 2.24) is 0 Å². The molecule has 1 unspecified atom stereocenters. The smallest absolute Gasteiger partial charge is 0.397 e. The molecule has 2 rings (SSSR count). The van der Waals surface area contributed by atoms with Crippen LogP contribution in [0.25, 0.3) is 0 Å². The van der Waals surface area contributed by atoms with Gasteiger partial charge in [0.1, 0.15) is 5.00 Å². The number of esters is 2. The van der Waals surface area contributed by atoms with Crippen molar-refractivity contribution in [3.8, 4) is 0 Å². The highest BCUT2D eigenvalue weighted by atomic mass is 32.1. The van der Waals surface area contributed by atoms with Gasteiger partial charge in [0, 0.05) is 4.88 Å². The summed E-state index contributed by atoms with van der Waals surface area (Å²) in [5.74, 6) is -1.79. The summed E-state index contributed by atoms with van der Waals surface area (Å²) in [6.45, 7) is 10.4. The lowest BCUT2D eigenvalue weighted by molar-refractivity contribution is -0.152. The molecule has 0 fully saturated rings. The van der Waals surface area contributed by atoms with Crippen LogP contribution in [0.4, 0.5) is 5.00 Å². The van der Waals surface area contributed by atoms with E-state index >= 15 is 0 Å². The second-order valence-corrected chi connectivity index (χ2v) is 8.51. The van der Waals surface area contributed by atoms with Gasteiger partial charge in [0.25, 0.3) is 0 Å². The average molecular weight is 381 g/mol. The lowest BCUT2D eigenvalue weighted by Gasteiger charge is -2.33. The van der Waals surface area contributed by atoms with Crippen LogP contribution in [0, 0.1) is 11.3 Å². The molecule has 144 valence electrons. The van der Waals surface area contributed by atoms with E-state index < -0.39 is 17.8 Å². The van der Waals surface area contributed by atoms with Gasteiger partial charge in [-0.2, -0.15) is 0 Å². The molecular weight excluding hydrogens is 354 g/mol. The first kappa shape index (κ1) is 20.4. The molecule has 0 spiro atoms. The third-order valence-corrected chi connectivity index (χ3v) is 5.83. The number of amides is 1. The molecule has 0 bridgehead atoms. The van der Waals surface area contributed by atoms with Gasteiger partial charge in [-0.1, -0.05) is 20.8 Å². The molecule has 0 radical (unpaired) electrons. The van der Waals surface area contributed by atoms with Crippen molar-refractivity contribution in [3.05, 3.63) is 16.0 Å². The number of thiophene rings is 1. The van der Waals surface area contributed by atoms with E-state index in [0.717, 1.165) is 29.7 Å². The number of rotatable bonds is 4. The van der Waals surface area contributed by atoms with Crippen LogP contribution in [0.5, 0.6) is 0 Å². The van der Waals surface area contributed by atoms with Crippen molar-refractivity contribution in [2.24, 2.45) is 11.3 Å². The molecule has 1 amide bonds. The van der Waals surface area contributed by atoms with Gasteiger partial charge in [-0.3, -0.25) is 4.79 Å². The molecule has 0 aromatic carbocycles. The van der Waals surface area contributed by atoms with Gasteiger partial charge in [0.05, 0.1) is 18.8 Å². The fourth-order valence-electron chi connectivity index (χ4n) is 3.18. The van der Waals surface area contributed by atoms with Crippen molar-refractivity contribution in [2.45, 2.75) is 53.9 Å². The Hall–Kier alpha value is -1.89. The molecule has 0 saturated heterocycles. The highest BCUT2D eigenvalue weighted by molar-refractivity contribution is 7.17. The Labute approximate surface area is 158 Å². The third-order valence-electron chi connectivity index (χ3n) is 4.66. The number of carbonyl (C=O) groups excluding carboxylic acids is 3. The maximum absolute atomic E-state index is 12.5. The summed E-state index contributed by atoms with van der Waals surface area (Å²) in [6, 6.07) is 0. The van der Waals surface area contributed by atoms with Gasteiger partial charge >= 0.3 is 17.8 Å². The van der Waals surface area contributed by atoms with E-state index in [1.54, 1.807) is 13.8 Å². The van der Waals surface area contributed by atoms with E-state index in [1.165, 1.54) is 11.3 Å². The lowest BCUT2D eigenvalue weighted by Crippen LogP contribution is -2.27. The molecule has 1 aromatic heterocycles. The van der Waals surface area contributed by atoms with E-state index in [4.69, 9.17) is 9.47 Å². The van der Waals surface area contributed by atoms with Crippen molar-refractivity contribution in [1.29, 1.82) is 0 Å². The molecule has 6 nitrogen and oxygen atoms in total. The van der Waals surface area contributed by atoms with Gasteiger partial charge < -0.3 is 14.8 Å². The Bertz CT molecular complexity index is 702. The largest absolute Gasteiger partial charge is 0.462 e. The van der Waals surface area contributed by atoms with Gasteiger partial charge in [-0.05, 0) is 50.0 Å². The van der Waals surface area contributed by atoms with Crippen molar-refractivity contribution >= 4 is 34.2 Å². The molecule has 1 aliphatic carbocycles. The number of ether oxygens (including phenoxy) is 2. The number of hydrogen-bond donors (Lipinski definition) is 1. The highest BCUT2D eigenvalue weighted by Crippen LogP contribution is 2.44. The Morgan fingerprint density at radius 2 is 1.81 bits per heavy atom. The molecule has 1 aromatic rings. The minimum atomic E-state index is -0.957. The van der Waals surface area contributed by atoms with Crippen molar-refractivity contribution in [3.63, 3.8) is 0 Å². The summed E-state index contributed by atoms with van der Waals surface area (Å²) in [5, 5.41) is 2.93. The van der Waals surface area contributed by atoms with Crippen LogP contribution >= 0.6 is 11.3 Å². The number of hydrogen-bond acceptors (Lipinski definition) is 6. The predicted octanol–water partition coefficient (Wildman–Crippen LogP) is 3.58. The van der Waals surface area contributed by atoms with Crippen LogP contribution in [-0.4, -0.2) is 31.1 Å². The summed E-state index contributed by atoms with van der Waals surface area (Å²) in [7, 11) is 0. The number of anilines is 1. The first-order chi connectivity index (χ1) is 12.2. The predicted molar refractivity (Wildman–Crippen MR) is 101 cm³/mol. The maximum Gasteiger partial charge on any atom is 0.397 e. The summed E-state index contributed by atoms with van der Waals surface area (Å²) >= 11 is 1.36. The SMILES string of the molecule is CCOC(=O)C(=O)Nc1sc2c(c1C(=O)OCC)CCC(C(C)(C)C)C2. The van der Waals surface area contributed by atoms with Gasteiger partial charge in [0.15, 0.2) is 0 Å². The van der Waals surface area contributed by atoms with Gasteiger partial charge in [0.2, 0.25) is 0 Å².